The molecule has 80 valence electrons. The van der Waals surface area contributed by atoms with Crippen molar-refractivity contribution in [3.63, 3.8) is 0 Å². The Hall–Kier alpha value is -0.380. The molecule has 3 heteroatoms. The SMILES string of the molecule is OCCCNCCCCc1cccs1. The molecule has 0 aliphatic heterocycles. The summed E-state index contributed by atoms with van der Waals surface area (Å²) in [6.45, 7) is 2.31. The Bertz CT molecular complexity index is 211. The van der Waals surface area contributed by atoms with Crippen LogP contribution in [0.25, 0.3) is 0 Å². The van der Waals surface area contributed by atoms with Crippen LogP contribution in [-0.4, -0.2) is 24.8 Å². The summed E-state index contributed by atoms with van der Waals surface area (Å²) < 4.78 is 0. The minimum Gasteiger partial charge on any atom is -0.396 e. The Balaban J connectivity index is 1.85. The van der Waals surface area contributed by atoms with Gasteiger partial charge in [-0.3, -0.25) is 0 Å². The molecule has 0 aliphatic rings. The first-order valence-electron chi connectivity index (χ1n) is 5.27. The maximum Gasteiger partial charge on any atom is 0.0443 e. The van der Waals surface area contributed by atoms with Crippen LogP contribution in [0.5, 0.6) is 0 Å². The quantitative estimate of drug-likeness (QED) is 0.648. The molecule has 0 aromatic carbocycles. The number of aryl methyl sites for hydroxylation is 1. The minimum atomic E-state index is 0.294. The molecule has 2 N–H and O–H groups in total. The van der Waals surface area contributed by atoms with Gasteiger partial charge in [-0.25, -0.2) is 0 Å². The molecule has 0 atom stereocenters. The monoisotopic (exact) mass is 213 g/mol. The van der Waals surface area contributed by atoms with Crippen LogP contribution in [0.4, 0.5) is 0 Å². The van der Waals surface area contributed by atoms with E-state index in [-0.39, 0.29) is 0 Å². The number of thiophene rings is 1. The highest BCUT2D eigenvalue weighted by Gasteiger charge is 1.93. The maximum atomic E-state index is 8.56. The topological polar surface area (TPSA) is 32.3 Å². The van der Waals surface area contributed by atoms with Crippen molar-refractivity contribution in [3.05, 3.63) is 22.4 Å². The van der Waals surface area contributed by atoms with E-state index in [1.54, 1.807) is 0 Å². The number of unbranched alkanes of at least 4 members (excludes halogenated alkanes) is 1. The molecule has 1 aromatic rings. The molecule has 0 unspecified atom stereocenters. The lowest BCUT2D eigenvalue weighted by Crippen LogP contribution is -2.17. The zero-order valence-electron chi connectivity index (χ0n) is 8.54. The predicted molar refractivity (Wildman–Crippen MR) is 61.8 cm³/mol. The number of aliphatic hydroxyl groups is 1. The third kappa shape index (κ3) is 5.37. The van der Waals surface area contributed by atoms with E-state index in [9.17, 15) is 0 Å². The number of hydrogen-bond donors (Lipinski definition) is 2. The molecule has 14 heavy (non-hydrogen) atoms. The van der Waals surface area contributed by atoms with Crippen LogP contribution in [0, 0.1) is 0 Å². The zero-order valence-corrected chi connectivity index (χ0v) is 9.35. The van der Waals surface area contributed by atoms with Gasteiger partial charge < -0.3 is 10.4 Å². The fourth-order valence-electron chi connectivity index (χ4n) is 1.33. The van der Waals surface area contributed by atoms with Gasteiger partial charge in [0.15, 0.2) is 0 Å². The summed E-state index contributed by atoms with van der Waals surface area (Å²) in [6, 6.07) is 4.31. The molecule has 0 saturated heterocycles. The lowest BCUT2D eigenvalue weighted by molar-refractivity contribution is 0.286. The Morgan fingerprint density at radius 2 is 2.07 bits per heavy atom. The molecule has 0 bridgehead atoms. The Morgan fingerprint density at radius 1 is 1.21 bits per heavy atom. The normalized spacial score (nSPS) is 10.6. The van der Waals surface area contributed by atoms with Crippen LogP contribution in [-0.2, 0) is 6.42 Å². The van der Waals surface area contributed by atoms with Gasteiger partial charge in [0.2, 0.25) is 0 Å². The van der Waals surface area contributed by atoms with E-state index in [1.807, 2.05) is 11.3 Å². The van der Waals surface area contributed by atoms with Gasteiger partial charge in [0.05, 0.1) is 0 Å². The van der Waals surface area contributed by atoms with Crippen molar-refractivity contribution >= 4 is 11.3 Å². The van der Waals surface area contributed by atoms with Crippen molar-refractivity contribution in [2.75, 3.05) is 19.7 Å². The van der Waals surface area contributed by atoms with Gasteiger partial charge in [-0.15, -0.1) is 11.3 Å². The van der Waals surface area contributed by atoms with E-state index in [2.05, 4.69) is 22.8 Å². The van der Waals surface area contributed by atoms with E-state index in [4.69, 9.17) is 5.11 Å². The Kier molecular flexibility index (Phi) is 6.66. The fraction of sp³-hybridized carbons (Fsp3) is 0.636. The van der Waals surface area contributed by atoms with Crippen molar-refractivity contribution < 1.29 is 5.11 Å². The predicted octanol–water partition coefficient (Wildman–Crippen LogP) is 2.04. The van der Waals surface area contributed by atoms with Crippen molar-refractivity contribution in [3.8, 4) is 0 Å². The van der Waals surface area contributed by atoms with Crippen molar-refractivity contribution in [2.45, 2.75) is 25.7 Å². The summed E-state index contributed by atoms with van der Waals surface area (Å²) in [4.78, 5) is 1.49. The van der Waals surface area contributed by atoms with Crippen LogP contribution >= 0.6 is 11.3 Å². The number of rotatable bonds is 8. The van der Waals surface area contributed by atoms with Crippen LogP contribution < -0.4 is 5.32 Å². The van der Waals surface area contributed by atoms with Gasteiger partial charge in [0.25, 0.3) is 0 Å². The van der Waals surface area contributed by atoms with Crippen molar-refractivity contribution in [1.29, 1.82) is 0 Å². The molecule has 0 spiro atoms. The smallest absolute Gasteiger partial charge is 0.0443 e. The van der Waals surface area contributed by atoms with Gasteiger partial charge in [0.1, 0.15) is 0 Å². The number of aliphatic hydroxyl groups excluding tert-OH is 1. The summed E-state index contributed by atoms with van der Waals surface area (Å²) in [7, 11) is 0. The standard InChI is InChI=1S/C11H19NOS/c13-9-4-8-12-7-2-1-5-11-6-3-10-14-11/h3,6,10,12-13H,1-2,4-5,7-9H2. The summed E-state index contributed by atoms with van der Waals surface area (Å²) in [5, 5.41) is 14.0. The third-order valence-corrected chi connectivity index (χ3v) is 3.05. The maximum absolute atomic E-state index is 8.56. The summed E-state index contributed by atoms with van der Waals surface area (Å²) >= 11 is 1.84. The van der Waals surface area contributed by atoms with Gasteiger partial charge in [-0.2, -0.15) is 0 Å². The van der Waals surface area contributed by atoms with Crippen LogP contribution in [0.15, 0.2) is 17.5 Å². The van der Waals surface area contributed by atoms with Crippen molar-refractivity contribution in [1.82, 2.24) is 5.32 Å². The molecular formula is C11H19NOS. The first kappa shape index (κ1) is 11.7. The molecular weight excluding hydrogens is 194 g/mol. The second-order valence-electron chi connectivity index (χ2n) is 3.36. The first-order chi connectivity index (χ1) is 6.93. The van der Waals surface area contributed by atoms with Crippen LogP contribution in [0.1, 0.15) is 24.1 Å². The molecule has 0 saturated carbocycles. The summed E-state index contributed by atoms with van der Waals surface area (Å²) in [5.41, 5.74) is 0. The molecule has 0 amide bonds. The summed E-state index contributed by atoms with van der Waals surface area (Å²) in [5.74, 6) is 0. The van der Waals surface area contributed by atoms with Gasteiger partial charge in [-0.1, -0.05) is 6.07 Å². The summed E-state index contributed by atoms with van der Waals surface area (Å²) in [6.07, 6.45) is 4.56. The second kappa shape index (κ2) is 7.97. The second-order valence-corrected chi connectivity index (χ2v) is 4.40. The lowest BCUT2D eigenvalue weighted by Gasteiger charge is -2.02. The highest BCUT2D eigenvalue weighted by atomic mass is 32.1. The number of nitrogens with one attached hydrogen (secondary N) is 1. The van der Waals surface area contributed by atoms with E-state index in [0.29, 0.717) is 6.61 Å². The van der Waals surface area contributed by atoms with E-state index >= 15 is 0 Å². The Morgan fingerprint density at radius 3 is 2.79 bits per heavy atom. The molecule has 1 aromatic heterocycles. The molecule has 1 heterocycles. The molecule has 2 nitrogen and oxygen atoms in total. The van der Waals surface area contributed by atoms with E-state index < -0.39 is 0 Å². The molecule has 0 aliphatic carbocycles. The average molecular weight is 213 g/mol. The van der Waals surface area contributed by atoms with E-state index in [1.165, 1.54) is 24.1 Å². The molecule has 0 radical (unpaired) electrons. The zero-order chi connectivity index (χ0) is 10.1. The van der Waals surface area contributed by atoms with Crippen LogP contribution in [0.3, 0.4) is 0 Å². The Labute approximate surface area is 90.0 Å². The fourth-order valence-corrected chi connectivity index (χ4v) is 2.08. The first-order valence-corrected chi connectivity index (χ1v) is 6.15. The molecule has 1 rings (SSSR count). The third-order valence-electron chi connectivity index (χ3n) is 2.12. The van der Waals surface area contributed by atoms with Gasteiger partial charge in [-0.05, 0) is 50.2 Å². The average Bonchev–Trinajstić information content (AvgIpc) is 2.69. The van der Waals surface area contributed by atoms with Crippen LogP contribution in [0.2, 0.25) is 0 Å². The number of hydrogen-bond acceptors (Lipinski definition) is 3. The highest BCUT2D eigenvalue weighted by Crippen LogP contribution is 2.11. The van der Waals surface area contributed by atoms with E-state index in [0.717, 1.165) is 19.5 Å². The molecule has 0 fully saturated rings. The van der Waals surface area contributed by atoms with Gasteiger partial charge in [0, 0.05) is 11.5 Å². The minimum absolute atomic E-state index is 0.294. The largest absolute Gasteiger partial charge is 0.396 e. The van der Waals surface area contributed by atoms with Gasteiger partial charge >= 0.3 is 0 Å². The lowest BCUT2D eigenvalue weighted by atomic mass is 10.2. The van der Waals surface area contributed by atoms with Crippen molar-refractivity contribution in [2.24, 2.45) is 0 Å². The highest BCUT2D eigenvalue weighted by molar-refractivity contribution is 7.09.